The van der Waals surface area contributed by atoms with E-state index in [2.05, 4.69) is 17.3 Å². The van der Waals surface area contributed by atoms with Gasteiger partial charge in [0.15, 0.2) is 6.10 Å². The average molecular weight is 256 g/mol. The lowest BCUT2D eigenvalue weighted by Crippen LogP contribution is -2.37. The van der Waals surface area contributed by atoms with E-state index in [0.29, 0.717) is 6.42 Å². The van der Waals surface area contributed by atoms with Crippen LogP contribution in [0.3, 0.4) is 0 Å². The van der Waals surface area contributed by atoms with E-state index in [0.717, 1.165) is 25.4 Å². The molecule has 0 amide bonds. The molecule has 2 unspecified atom stereocenters. The molecule has 0 bridgehead atoms. The van der Waals surface area contributed by atoms with Gasteiger partial charge in [-0.15, -0.1) is 0 Å². The maximum absolute atomic E-state index is 10.7. The Bertz CT molecular complexity index is 277. The van der Waals surface area contributed by atoms with E-state index < -0.39 is 12.1 Å². The van der Waals surface area contributed by atoms with Crippen LogP contribution in [0, 0.1) is 5.92 Å². The molecule has 0 aromatic heterocycles. The molecule has 2 heterocycles. The van der Waals surface area contributed by atoms with Crippen LogP contribution in [-0.4, -0.2) is 61.4 Å². The first-order valence-electron chi connectivity index (χ1n) is 6.92. The number of nitrogens with zero attached hydrogens (tertiary/aromatic N) is 1. The SMILES string of the molecule is CN1CCC(CNCC2CCC(C(=O)O)O2)CC1. The van der Waals surface area contributed by atoms with Gasteiger partial charge in [-0.1, -0.05) is 0 Å². The number of carbonyl (C=O) groups is 1. The predicted molar refractivity (Wildman–Crippen MR) is 68.6 cm³/mol. The Morgan fingerprint density at radius 2 is 2.00 bits per heavy atom. The van der Waals surface area contributed by atoms with Gasteiger partial charge >= 0.3 is 5.97 Å². The van der Waals surface area contributed by atoms with Crippen LogP contribution in [0.4, 0.5) is 0 Å². The van der Waals surface area contributed by atoms with Gasteiger partial charge in [0.05, 0.1) is 6.10 Å². The maximum atomic E-state index is 10.7. The van der Waals surface area contributed by atoms with Gasteiger partial charge in [-0.05, 0) is 58.3 Å². The summed E-state index contributed by atoms with van der Waals surface area (Å²) in [5.74, 6) is -0.0642. The van der Waals surface area contributed by atoms with Crippen molar-refractivity contribution >= 4 is 5.97 Å². The van der Waals surface area contributed by atoms with Crippen molar-refractivity contribution in [1.29, 1.82) is 0 Å². The first kappa shape index (κ1) is 13.8. The zero-order valence-electron chi connectivity index (χ0n) is 11.1. The Balaban J connectivity index is 1.57. The molecule has 2 rings (SSSR count). The second-order valence-electron chi connectivity index (χ2n) is 5.57. The third-order valence-electron chi connectivity index (χ3n) is 4.03. The summed E-state index contributed by atoms with van der Waals surface area (Å²) < 4.78 is 5.46. The molecule has 0 aromatic rings. The molecule has 2 saturated heterocycles. The highest BCUT2D eigenvalue weighted by molar-refractivity contribution is 5.72. The van der Waals surface area contributed by atoms with Gasteiger partial charge in [-0.2, -0.15) is 0 Å². The molecule has 0 aromatic carbocycles. The first-order chi connectivity index (χ1) is 8.65. The van der Waals surface area contributed by atoms with E-state index in [1.807, 2.05) is 0 Å². The molecular formula is C13H24N2O3. The summed E-state index contributed by atoms with van der Waals surface area (Å²) in [6.07, 6.45) is 3.52. The molecule has 0 aliphatic carbocycles. The summed E-state index contributed by atoms with van der Waals surface area (Å²) >= 11 is 0. The number of piperidine rings is 1. The molecule has 2 aliphatic heterocycles. The van der Waals surface area contributed by atoms with Crippen LogP contribution in [0.1, 0.15) is 25.7 Å². The Kier molecular flexibility index (Phi) is 4.97. The quantitative estimate of drug-likeness (QED) is 0.752. The van der Waals surface area contributed by atoms with Crippen molar-refractivity contribution in [3.8, 4) is 0 Å². The summed E-state index contributed by atoms with van der Waals surface area (Å²) in [6.45, 7) is 4.20. The van der Waals surface area contributed by atoms with Crippen LogP contribution in [0.15, 0.2) is 0 Å². The van der Waals surface area contributed by atoms with Crippen LogP contribution in [-0.2, 0) is 9.53 Å². The van der Waals surface area contributed by atoms with Gasteiger partial charge in [0.25, 0.3) is 0 Å². The highest BCUT2D eigenvalue weighted by atomic mass is 16.5. The minimum absolute atomic E-state index is 0.0809. The number of carboxylic acid groups (broad SMARTS) is 1. The summed E-state index contributed by atoms with van der Waals surface area (Å²) in [7, 11) is 2.17. The lowest BCUT2D eigenvalue weighted by Gasteiger charge is -2.29. The largest absolute Gasteiger partial charge is 0.479 e. The van der Waals surface area contributed by atoms with Crippen molar-refractivity contribution < 1.29 is 14.6 Å². The van der Waals surface area contributed by atoms with E-state index in [9.17, 15) is 4.79 Å². The summed E-state index contributed by atoms with van der Waals surface area (Å²) in [5, 5.41) is 12.3. The summed E-state index contributed by atoms with van der Waals surface area (Å²) in [4.78, 5) is 13.1. The third-order valence-corrected chi connectivity index (χ3v) is 4.03. The van der Waals surface area contributed by atoms with E-state index >= 15 is 0 Å². The van der Waals surface area contributed by atoms with Crippen molar-refractivity contribution in [1.82, 2.24) is 10.2 Å². The Labute approximate surface area is 108 Å². The number of hydrogen-bond acceptors (Lipinski definition) is 4. The van der Waals surface area contributed by atoms with Gasteiger partial charge in [-0.3, -0.25) is 0 Å². The fourth-order valence-electron chi connectivity index (χ4n) is 2.75. The normalized spacial score (nSPS) is 30.7. The van der Waals surface area contributed by atoms with Gasteiger partial charge in [-0.25, -0.2) is 4.79 Å². The smallest absolute Gasteiger partial charge is 0.332 e. The fraction of sp³-hybridized carbons (Fsp3) is 0.923. The second kappa shape index (κ2) is 6.50. The molecule has 2 N–H and O–H groups in total. The third kappa shape index (κ3) is 3.93. The highest BCUT2D eigenvalue weighted by Crippen LogP contribution is 2.20. The lowest BCUT2D eigenvalue weighted by molar-refractivity contribution is -0.149. The molecule has 18 heavy (non-hydrogen) atoms. The molecule has 2 fully saturated rings. The molecule has 2 atom stereocenters. The summed E-state index contributed by atoms with van der Waals surface area (Å²) in [6, 6.07) is 0. The molecule has 5 nitrogen and oxygen atoms in total. The number of hydrogen-bond donors (Lipinski definition) is 2. The van der Waals surface area contributed by atoms with E-state index in [-0.39, 0.29) is 6.10 Å². The molecule has 0 radical (unpaired) electrons. The Hall–Kier alpha value is -0.650. The number of aliphatic carboxylic acids is 1. The fourth-order valence-corrected chi connectivity index (χ4v) is 2.75. The van der Waals surface area contributed by atoms with Gasteiger partial charge in [0, 0.05) is 6.54 Å². The van der Waals surface area contributed by atoms with E-state index in [4.69, 9.17) is 9.84 Å². The topological polar surface area (TPSA) is 61.8 Å². The molecule has 5 heteroatoms. The van der Waals surface area contributed by atoms with E-state index in [1.54, 1.807) is 0 Å². The standard InChI is InChI=1S/C13H24N2O3/c1-15-6-4-10(5-7-15)8-14-9-11-2-3-12(18-11)13(16)17/h10-12,14H,2-9H2,1H3,(H,16,17). The average Bonchev–Trinajstić information content (AvgIpc) is 2.81. The van der Waals surface area contributed by atoms with Crippen LogP contribution in [0.25, 0.3) is 0 Å². The minimum Gasteiger partial charge on any atom is -0.479 e. The number of carboxylic acids is 1. The zero-order valence-corrected chi connectivity index (χ0v) is 11.1. The molecule has 104 valence electrons. The molecule has 2 aliphatic rings. The van der Waals surface area contributed by atoms with Crippen molar-refractivity contribution in [2.24, 2.45) is 5.92 Å². The second-order valence-corrected chi connectivity index (χ2v) is 5.57. The van der Waals surface area contributed by atoms with Crippen molar-refractivity contribution in [3.05, 3.63) is 0 Å². The number of likely N-dealkylation sites (tertiary alicyclic amines) is 1. The number of nitrogens with one attached hydrogen (secondary N) is 1. The maximum Gasteiger partial charge on any atom is 0.332 e. The van der Waals surface area contributed by atoms with Crippen LogP contribution < -0.4 is 5.32 Å². The van der Waals surface area contributed by atoms with Crippen molar-refractivity contribution in [2.45, 2.75) is 37.9 Å². The summed E-state index contributed by atoms with van der Waals surface area (Å²) in [5.41, 5.74) is 0. The van der Waals surface area contributed by atoms with Crippen molar-refractivity contribution in [2.75, 3.05) is 33.2 Å². The lowest BCUT2D eigenvalue weighted by atomic mass is 9.97. The monoisotopic (exact) mass is 256 g/mol. The van der Waals surface area contributed by atoms with E-state index in [1.165, 1.54) is 25.9 Å². The van der Waals surface area contributed by atoms with Crippen LogP contribution in [0.5, 0.6) is 0 Å². The molecular weight excluding hydrogens is 232 g/mol. The number of rotatable bonds is 5. The Morgan fingerprint density at radius 1 is 1.28 bits per heavy atom. The van der Waals surface area contributed by atoms with Gasteiger partial charge in [0.1, 0.15) is 0 Å². The minimum atomic E-state index is -0.826. The van der Waals surface area contributed by atoms with Crippen molar-refractivity contribution in [3.63, 3.8) is 0 Å². The number of ether oxygens (including phenoxy) is 1. The van der Waals surface area contributed by atoms with Gasteiger partial charge < -0.3 is 20.1 Å². The highest BCUT2D eigenvalue weighted by Gasteiger charge is 2.30. The van der Waals surface area contributed by atoms with Crippen LogP contribution >= 0.6 is 0 Å². The van der Waals surface area contributed by atoms with Crippen LogP contribution in [0.2, 0.25) is 0 Å². The predicted octanol–water partition coefficient (Wildman–Crippen LogP) is 0.550. The van der Waals surface area contributed by atoms with Gasteiger partial charge in [0.2, 0.25) is 0 Å². The molecule has 0 spiro atoms. The Morgan fingerprint density at radius 3 is 2.61 bits per heavy atom. The zero-order chi connectivity index (χ0) is 13.0. The molecule has 0 saturated carbocycles. The first-order valence-corrected chi connectivity index (χ1v) is 6.92.